The average molecular weight is 572 g/mol. The van der Waals surface area contributed by atoms with Crippen molar-refractivity contribution in [2.24, 2.45) is 0 Å². The molecular weight excluding hydrogens is 538 g/mol. The molecule has 2 amide bonds. The molecule has 4 aromatic rings. The molecule has 2 aliphatic heterocycles. The van der Waals surface area contributed by atoms with E-state index in [0.717, 1.165) is 21.9 Å². The number of carbonyl (C=O) groups is 2. The van der Waals surface area contributed by atoms with Gasteiger partial charge < -0.3 is 25.4 Å². The number of carbonyl (C=O) groups excluding carboxylic acids is 2. The molecule has 0 bridgehead atoms. The van der Waals surface area contributed by atoms with Crippen molar-refractivity contribution in [3.05, 3.63) is 112 Å². The Morgan fingerprint density at radius 1 is 1.02 bits per heavy atom. The molecule has 0 unspecified atom stereocenters. The Balaban J connectivity index is 0.00000337. The van der Waals surface area contributed by atoms with Crippen molar-refractivity contribution >= 4 is 35.0 Å². The number of nitrogens with one attached hydrogen (secondary N) is 2. The number of nitrogens with zero attached hydrogens (tertiary/aromatic N) is 1. The summed E-state index contributed by atoms with van der Waals surface area (Å²) in [6, 6.07) is 25.9. The number of benzene rings is 4. The Labute approximate surface area is 245 Å². The van der Waals surface area contributed by atoms with Gasteiger partial charge in [0.2, 0.25) is 0 Å². The highest BCUT2D eigenvalue weighted by Gasteiger charge is 2.31. The van der Waals surface area contributed by atoms with Gasteiger partial charge in [-0.2, -0.15) is 0 Å². The number of rotatable bonds is 8. The van der Waals surface area contributed by atoms with E-state index in [4.69, 9.17) is 4.74 Å². The topological polar surface area (TPSA) is 90.9 Å². The van der Waals surface area contributed by atoms with Gasteiger partial charge in [0, 0.05) is 37.8 Å². The van der Waals surface area contributed by atoms with Gasteiger partial charge in [-0.15, -0.1) is 12.4 Å². The molecule has 212 valence electrons. The lowest BCUT2D eigenvalue weighted by atomic mass is 9.93. The molecule has 0 radical (unpaired) electrons. The number of halogens is 1. The van der Waals surface area contributed by atoms with Gasteiger partial charge in [0.25, 0.3) is 11.8 Å². The monoisotopic (exact) mass is 571 g/mol. The molecule has 41 heavy (non-hydrogen) atoms. The summed E-state index contributed by atoms with van der Waals surface area (Å²) in [6.45, 7) is 3.90. The van der Waals surface area contributed by atoms with Crippen molar-refractivity contribution in [2.75, 3.05) is 13.2 Å². The van der Waals surface area contributed by atoms with Crippen molar-refractivity contribution in [3.8, 4) is 5.75 Å². The minimum absolute atomic E-state index is 0. The highest BCUT2D eigenvalue weighted by Crippen LogP contribution is 2.32. The van der Waals surface area contributed by atoms with Crippen LogP contribution in [0.2, 0.25) is 0 Å². The maximum Gasteiger partial charge on any atom is 0.255 e. The predicted octanol–water partition coefficient (Wildman–Crippen LogP) is 4.62. The molecule has 2 heterocycles. The molecular formula is C33H34ClN3O4. The summed E-state index contributed by atoms with van der Waals surface area (Å²) in [7, 11) is 0. The summed E-state index contributed by atoms with van der Waals surface area (Å²) >= 11 is 0. The first-order chi connectivity index (χ1) is 19.5. The quantitative estimate of drug-likeness (QED) is 0.287. The van der Waals surface area contributed by atoms with E-state index in [9.17, 15) is 14.7 Å². The first-order valence-corrected chi connectivity index (χ1v) is 13.8. The molecule has 7 nitrogen and oxygen atoms in total. The first kappa shape index (κ1) is 28.6. The van der Waals surface area contributed by atoms with Gasteiger partial charge in [-0.1, -0.05) is 60.7 Å². The highest BCUT2D eigenvalue weighted by molar-refractivity contribution is 6.03. The van der Waals surface area contributed by atoms with E-state index in [1.165, 1.54) is 11.1 Å². The van der Waals surface area contributed by atoms with E-state index in [1.807, 2.05) is 37.3 Å². The summed E-state index contributed by atoms with van der Waals surface area (Å²) in [5.41, 5.74) is 5.23. The maximum absolute atomic E-state index is 13.3. The average Bonchev–Trinajstić information content (AvgIpc) is 3.28. The standard InChI is InChI=1S/C33H33N3O4.ClH/c1-2-40-31-16-27-26(20-36(33(27)39)19-21-11-12-22-7-3-4-8-23(22)13-21)14-28(31)32(38)35-18-30(37)29-15-24-9-5-6-10-25(24)17-34-29;/h3-14,16,29-30,34,37H,2,15,17-20H2,1H3,(H,35,38);1H/t29-,30+;/m0./s1. The van der Waals surface area contributed by atoms with Gasteiger partial charge in [0.1, 0.15) is 5.75 Å². The third-order valence-corrected chi connectivity index (χ3v) is 7.87. The van der Waals surface area contributed by atoms with Gasteiger partial charge in [-0.3, -0.25) is 9.59 Å². The molecule has 0 aliphatic carbocycles. The van der Waals surface area contributed by atoms with Crippen LogP contribution in [0, 0.1) is 0 Å². The van der Waals surface area contributed by atoms with E-state index in [0.29, 0.717) is 49.5 Å². The van der Waals surface area contributed by atoms with Crippen LogP contribution < -0.4 is 15.4 Å². The lowest BCUT2D eigenvalue weighted by Gasteiger charge is -2.30. The lowest BCUT2D eigenvalue weighted by Crippen LogP contribution is -2.49. The summed E-state index contributed by atoms with van der Waals surface area (Å²) in [5, 5.41) is 19.4. The van der Waals surface area contributed by atoms with E-state index in [1.54, 1.807) is 17.0 Å². The van der Waals surface area contributed by atoms with Gasteiger partial charge in [-0.05, 0) is 64.6 Å². The molecule has 6 rings (SSSR count). The minimum Gasteiger partial charge on any atom is -0.493 e. The zero-order valence-corrected chi connectivity index (χ0v) is 23.7. The van der Waals surface area contributed by atoms with Crippen molar-refractivity contribution in [1.29, 1.82) is 0 Å². The Morgan fingerprint density at radius 2 is 1.78 bits per heavy atom. The fourth-order valence-electron chi connectivity index (χ4n) is 5.73. The number of fused-ring (bicyclic) bond motifs is 3. The van der Waals surface area contributed by atoms with Crippen molar-refractivity contribution in [1.82, 2.24) is 15.5 Å². The van der Waals surface area contributed by atoms with E-state index < -0.39 is 6.10 Å². The molecule has 0 fully saturated rings. The molecule has 8 heteroatoms. The predicted molar refractivity (Wildman–Crippen MR) is 161 cm³/mol. The number of hydrogen-bond donors (Lipinski definition) is 3. The van der Waals surface area contributed by atoms with Crippen LogP contribution in [0.3, 0.4) is 0 Å². The molecule has 2 aliphatic rings. The maximum atomic E-state index is 13.3. The number of amides is 2. The van der Waals surface area contributed by atoms with Crippen LogP contribution in [-0.4, -0.2) is 47.1 Å². The summed E-state index contributed by atoms with van der Waals surface area (Å²) in [4.78, 5) is 28.4. The van der Waals surface area contributed by atoms with E-state index in [2.05, 4.69) is 47.0 Å². The lowest BCUT2D eigenvalue weighted by molar-refractivity contribution is 0.0766. The van der Waals surface area contributed by atoms with Crippen LogP contribution >= 0.6 is 12.4 Å². The third kappa shape index (κ3) is 5.93. The fraction of sp³-hybridized carbons (Fsp3) is 0.273. The number of aliphatic hydroxyl groups excluding tert-OH is 1. The summed E-state index contributed by atoms with van der Waals surface area (Å²) < 4.78 is 5.79. The first-order valence-electron chi connectivity index (χ1n) is 13.8. The minimum atomic E-state index is -0.749. The Morgan fingerprint density at radius 3 is 2.59 bits per heavy atom. The van der Waals surface area contributed by atoms with Gasteiger partial charge >= 0.3 is 0 Å². The Bertz CT molecular complexity index is 1590. The summed E-state index contributed by atoms with van der Waals surface area (Å²) in [5.74, 6) is -0.0315. The van der Waals surface area contributed by atoms with Crippen LogP contribution in [-0.2, 0) is 26.1 Å². The smallest absolute Gasteiger partial charge is 0.255 e. The zero-order chi connectivity index (χ0) is 27.6. The second kappa shape index (κ2) is 12.3. The van der Waals surface area contributed by atoms with Gasteiger partial charge in [-0.25, -0.2) is 0 Å². The molecule has 2 atom stereocenters. The molecule has 4 aromatic carbocycles. The fourth-order valence-corrected chi connectivity index (χ4v) is 5.73. The SMILES string of the molecule is CCOc1cc2c(cc1C(=O)NC[C@@H](O)[C@@H]1Cc3ccccc3CN1)CN(Cc1ccc3ccccc3c1)C2=O.Cl. The van der Waals surface area contributed by atoms with Gasteiger partial charge in [0.05, 0.1) is 18.3 Å². The highest BCUT2D eigenvalue weighted by atomic mass is 35.5. The number of hydrogen-bond acceptors (Lipinski definition) is 5. The summed E-state index contributed by atoms with van der Waals surface area (Å²) in [6.07, 6.45) is -0.0490. The molecule has 0 saturated heterocycles. The van der Waals surface area contributed by atoms with Crippen molar-refractivity contribution in [3.63, 3.8) is 0 Å². The Hall–Kier alpha value is -3.91. The second-order valence-corrected chi connectivity index (χ2v) is 10.5. The van der Waals surface area contributed by atoms with Crippen LogP contribution in [0.15, 0.2) is 78.9 Å². The molecule has 0 saturated carbocycles. The number of aliphatic hydroxyl groups is 1. The Kier molecular flexibility index (Phi) is 8.59. The molecule has 0 spiro atoms. The van der Waals surface area contributed by atoms with E-state index >= 15 is 0 Å². The van der Waals surface area contributed by atoms with Crippen molar-refractivity contribution < 1.29 is 19.4 Å². The normalized spacial score (nSPS) is 16.5. The van der Waals surface area contributed by atoms with Crippen LogP contribution in [0.1, 0.15) is 49.9 Å². The number of ether oxygens (including phenoxy) is 1. The van der Waals surface area contributed by atoms with Gasteiger partial charge in [0.15, 0.2) is 0 Å². The van der Waals surface area contributed by atoms with Crippen molar-refractivity contribution in [2.45, 2.75) is 45.1 Å². The molecule has 3 N–H and O–H groups in total. The molecule has 0 aromatic heterocycles. The van der Waals surface area contributed by atoms with Crippen LogP contribution in [0.5, 0.6) is 5.75 Å². The van der Waals surface area contributed by atoms with Crippen LogP contribution in [0.4, 0.5) is 0 Å². The largest absolute Gasteiger partial charge is 0.493 e. The van der Waals surface area contributed by atoms with Crippen LogP contribution in [0.25, 0.3) is 10.8 Å². The second-order valence-electron chi connectivity index (χ2n) is 10.5. The third-order valence-electron chi connectivity index (χ3n) is 7.87. The van der Waals surface area contributed by atoms with E-state index in [-0.39, 0.29) is 36.8 Å². The zero-order valence-electron chi connectivity index (χ0n) is 22.9.